The van der Waals surface area contributed by atoms with E-state index in [2.05, 4.69) is 52.1 Å². The highest BCUT2D eigenvalue weighted by atomic mass is 15.2. The summed E-state index contributed by atoms with van der Waals surface area (Å²) in [6.07, 6.45) is 9.49. The van der Waals surface area contributed by atoms with Crippen molar-refractivity contribution in [1.29, 1.82) is 0 Å². The molecule has 1 aromatic rings. The van der Waals surface area contributed by atoms with Crippen LogP contribution in [-0.2, 0) is 6.54 Å². The zero-order valence-corrected chi connectivity index (χ0v) is 17.4. The number of likely N-dealkylation sites (tertiary alicyclic amines) is 2. The van der Waals surface area contributed by atoms with E-state index in [0.717, 1.165) is 25.0 Å². The van der Waals surface area contributed by atoms with Crippen LogP contribution in [0.15, 0.2) is 12.5 Å². The van der Waals surface area contributed by atoms with Gasteiger partial charge in [0, 0.05) is 31.4 Å². The van der Waals surface area contributed by atoms with Crippen LogP contribution in [0.3, 0.4) is 0 Å². The summed E-state index contributed by atoms with van der Waals surface area (Å²) >= 11 is 0. The first-order chi connectivity index (χ1) is 12.6. The summed E-state index contributed by atoms with van der Waals surface area (Å²) in [5.41, 5.74) is 1.35. The Kier molecular flexibility index (Phi) is 7.12. The van der Waals surface area contributed by atoms with Gasteiger partial charge in [0.1, 0.15) is 0 Å². The van der Waals surface area contributed by atoms with Gasteiger partial charge in [0.25, 0.3) is 0 Å². The Morgan fingerprint density at radius 3 is 2.42 bits per heavy atom. The van der Waals surface area contributed by atoms with E-state index in [-0.39, 0.29) is 0 Å². The van der Waals surface area contributed by atoms with Crippen molar-refractivity contribution in [2.75, 3.05) is 46.3 Å². The average molecular weight is 362 g/mol. The third-order valence-corrected chi connectivity index (χ3v) is 6.51. The summed E-state index contributed by atoms with van der Waals surface area (Å²) in [7, 11) is 2.26. The van der Waals surface area contributed by atoms with Crippen LogP contribution >= 0.6 is 0 Å². The standard InChI is InChI=1S/C21H39N5/c1-5-24(16-21-14-22-17-26(21)18(2)3)15-19-6-12-25(13-7-19)20-8-10-23(4)11-9-20/h14,17-20H,5-13,15-16H2,1-4H3. The van der Waals surface area contributed by atoms with Crippen molar-refractivity contribution < 1.29 is 0 Å². The van der Waals surface area contributed by atoms with Crippen LogP contribution < -0.4 is 0 Å². The minimum atomic E-state index is 0.490. The van der Waals surface area contributed by atoms with Crippen LogP contribution in [0, 0.1) is 5.92 Å². The quantitative estimate of drug-likeness (QED) is 0.746. The largest absolute Gasteiger partial charge is 0.331 e. The van der Waals surface area contributed by atoms with Crippen molar-refractivity contribution >= 4 is 0 Å². The van der Waals surface area contributed by atoms with Crippen LogP contribution in [-0.4, -0.2) is 76.6 Å². The number of piperidine rings is 2. The second-order valence-electron chi connectivity index (χ2n) is 8.73. The number of hydrogen-bond acceptors (Lipinski definition) is 4. The minimum Gasteiger partial charge on any atom is -0.331 e. The van der Waals surface area contributed by atoms with Gasteiger partial charge >= 0.3 is 0 Å². The molecule has 5 heteroatoms. The highest BCUT2D eigenvalue weighted by molar-refractivity contribution is 5.00. The predicted octanol–water partition coefficient (Wildman–Crippen LogP) is 3.09. The lowest BCUT2D eigenvalue weighted by molar-refractivity contribution is 0.0743. The second-order valence-corrected chi connectivity index (χ2v) is 8.73. The monoisotopic (exact) mass is 361 g/mol. The molecule has 0 aliphatic carbocycles. The Labute approximate surface area is 160 Å². The van der Waals surface area contributed by atoms with E-state index < -0.39 is 0 Å². The lowest BCUT2D eigenvalue weighted by atomic mass is 9.93. The van der Waals surface area contributed by atoms with E-state index in [4.69, 9.17) is 0 Å². The van der Waals surface area contributed by atoms with Gasteiger partial charge in [-0.05, 0) is 85.2 Å². The highest BCUT2D eigenvalue weighted by Gasteiger charge is 2.28. The van der Waals surface area contributed by atoms with Crippen molar-refractivity contribution in [2.24, 2.45) is 5.92 Å². The van der Waals surface area contributed by atoms with Crippen LogP contribution in [0.25, 0.3) is 0 Å². The van der Waals surface area contributed by atoms with Gasteiger partial charge in [-0.15, -0.1) is 0 Å². The van der Waals surface area contributed by atoms with Gasteiger partial charge in [-0.25, -0.2) is 4.98 Å². The number of rotatable bonds is 7. The van der Waals surface area contributed by atoms with E-state index >= 15 is 0 Å². The summed E-state index contributed by atoms with van der Waals surface area (Å²) < 4.78 is 2.31. The molecule has 2 aliphatic heterocycles. The van der Waals surface area contributed by atoms with Crippen molar-refractivity contribution in [2.45, 2.75) is 65.1 Å². The Bertz CT molecular complexity index is 524. The van der Waals surface area contributed by atoms with Crippen molar-refractivity contribution in [1.82, 2.24) is 24.3 Å². The molecule has 2 aliphatic rings. The molecule has 148 valence electrons. The van der Waals surface area contributed by atoms with Crippen LogP contribution in [0.5, 0.6) is 0 Å². The molecule has 0 atom stereocenters. The van der Waals surface area contributed by atoms with E-state index in [1.165, 1.54) is 64.1 Å². The van der Waals surface area contributed by atoms with Gasteiger partial charge in [-0.2, -0.15) is 0 Å². The number of imidazole rings is 1. The second kappa shape index (κ2) is 9.34. The fraction of sp³-hybridized carbons (Fsp3) is 0.857. The molecule has 0 saturated carbocycles. The number of nitrogens with zero attached hydrogens (tertiary/aromatic N) is 5. The van der Waals surface area contributed by atoms with E-state index in [1.807, 2.05) is 12.5 Å². The summed E-state index contributed by atoms with van der Waals surface area (Å²) in [5.74, 6) is 0.855. The lowest BCUT2D eigenvalue weighted by Crippen LogP contribution is -2.48. The summed E-state index contributed by atoms with van der Waals surface area (Å²) in [6, 6.07) is 1.33. The molecule has 0 aromatic carbocycles. The summed E-state index contributed by atoms with van der Waals surface area (Å²) in [4.78, 5) is 12.2. The molecule has 0 spiro atoms. The third kappa shape index (κ3) is 5.08. The maximum Gasteiger partial charge on any atom is 0.0951 e. The molecule has 0 bridgehead atoms. The van der Waals surface area contributed by atoms with E-state index in [0.29, 0.717) is 6.04 Å². The zero-order chi connectivity index (χ0) is 18.5. The summed E-state index contributed by atoms with van der Waals surface area (Å²) in [5, 5.41) is 0. The summed E-state index contributed by atoms with van der Waals surface area (Å²) in [6.45, 7) is 15.3. The molecule has 1 aromatic heterocycles. The molecule has 26 heavy (non-hydrogen) atoms. The Morgan fingerprint density at radius 1 is 1.12 bits per heavy atom. The first kappa shape index (κ1) is 19.8. The maximum atomic E-state index is 4.37. The molecule has 0 N–H and O–H groups in total. The van der Waals surface area contributed by atoms with Crippen LogP contribution in [0.4, 0.5) is 0 Å². The molecule has 0 radical (unpaired) electrons. The zero-order valence-electron chi connectivity index (χ0n) is 17.4. The van der Waals surface area contributed by atoms with Crippen LogP contribution in [0.2, 0.25) is 0 Å². The molecule has 2 fully saturated rings. The highest BCUT2D eigenvalue weighted by Crippen LogP contribution is 2.24. The van der Waals surface area contributed by atoms with Gasteiger partial charge in [0.15, 0.2) is 0 Å². The first-order valence-electron chi connectivity index (χ1n) is 10.7. The fourth-order valence-electron chi connectivity index (χ4n) is 4.68. The fourth-order valence-corrected chi connectivity index (χ4v) is 4.68. The molecule has 3 rings (SSSR count). The van der Waals surface area contributed by atoms with Crippen LogP contribution in [0.1, 0.15) is 58.2 Å². The van der Waals surface area contributed by atoms with E-state index in [1.54, 1.807) is 0 Å². The molecule has 0 amide bonds. The van der Waals surface area contributed by atoms with Gasteiger partial charge in [0.05, 0.1) is 12.0 Å². The minimum absolute atomic E-state index is 0.490. The van der Waals surface area contributed by atoms with Gasteiger partial charge in [-0.3, -0.25) is 4.90 Å². The first-order valence-corrected chi connectivity index (χ1v) is 10.7. The van der Waals surface area contributed by atoms with Gasteiger partial charge in [-0.1, -0.05) is 6.92 Å². The molecule has 0 unspecified atom stereocenters. The maximum absolute atomic E-state index is 4.37. The third-order valence-electron chi connectivity index (χ3n) is 6.51. The lowest BCUT2D eigenvalue weighted by Gasteiger charge is -2.41. The SMILES string of the molecule is CCN(Cc1cncn1C(C)C)CC1CCN(C2CCN(C)CC2)CC1. The molecular weight excluding hydrogens is 322 g/mol. The average Bonchev–Trinajstić information content (AvgIpc) is 3.11. The molecule has 5 nitrogen and oxygen atoms in total. The smallest absolute Gasteiger partial charge is 0.0951 e. The van der Waals surface area contributed by atoms with E-state index in [9.17, 15) is 0 Å². The topological polar surface area (TPSA) is 27.5 Å². The Morgan fingerprint density at radius 2 is 1.81 bits per heavy atom. The number of aromatic nitrogens is 2. The Hall–Kier alpha value is -0.910. The van der Waals surface area contributed by atoms with Crippen molar-refractivity contribution in [3.05, 3.63) is 18.2 Å². The Balaban J connectivity index is 1.46. The number of hydrogen-bond donors (Lipinski definition) is 0. The van der Waals surface area contributed by atoms with Crippen molar-refractivity contribution in [3.8, 4) is 0 Å². The van der Waals surface area contributed by atoms with Crippen molar-refractivity contribution in [3.63, 3.8) is 0 Å². The molecule has 3 heterocycles. The molecule has 2 saturated heterocycles. The molecular formula is C21H39N5. The van der Waals surface area contributed by atoms with Gasteiger partial charge in [0.2, 0.25) is 0 Å². The van der Waals surface area contributed by atoms with Gasteiger partial charge < -0.3 is 14.4 Å². The predicted molar refractivity (Wildman–Crippen MR) is 108 cm³/mol. The normalized spacial score (nSPS) is 21.9.